The van der Waals surface area contributed by atoms with E-state index in [0.717, 1.165) is 0 Å². The fourth-order valence-electron chi connectivity index (χ4n) is 0. The van der Waals surface area contributed by atoms with Crippen molar-refractivity contribution in [2.45, 2.75) is 0 Å². The summed E-state index contributed by atoms with van der Waals surface area (Å²) < 4.78 is 0. The normalized spacial score (nSPS) is 5.05. The second-order valence-corrected chi connectivity index (χ2v) is 1.00. The van der Waals surface area contributed by atoms with Crippen molar-refractivity contribution in [1.29, 1.82) is 0 Å². The number of hydrogen-bond acceptors (Lipinski definition) is 12. The van der Waals surface area contributed by atoms with E-state index in [2.05, 4.69) is 0 Å². The zero-order valence-corrected chi connectivity index (χ0v) is 13.4. The standard InChI is InChI=1S/4CH2O3.Ca.Mg.Si/c4*2-1(3)4;;;/h4*(H2,2,3,4);;;/q;;;;2*+2;+4/p-8. The Labute approximate surface area is 155 Å². The molecule has 0 aromatic carbocycles. The van der Waals surface area contributed by atoms with E-state index in [1.54, 1.807) is 0 Å². The molecule has 0 atom stereocenters. The van der Waals surface area contributed by atoms with E-state index in [4.69, 9.17) is 60.0 Å². The molecule has 0 aliphatic rings. The largest absolute Gasteiger partial charge is 4.00 e. The first kappa shape index (κ1) is 42.9. The van der Waals surface area contributed by atoms with Crippen LogP contribution in [0.2, 0.25) is 0 Å². The maximum atomic E-state index is 8.33. The number of hydrogen-bond donors (Lipinski definition) is 0. The first-order valence-electron chi connectivity index (χ1n) is 2.45. The molecule has 0 N–H and O–H groups in total. The van der Waals surface area contributed by atoms with Gasteiger partial charge in [-0.3, -0.25) is 0 Å². The molecule has 96 valence electrons. The third kappa shape index (κ3) is 8870. The van der Waals surface area contributed by atoms with Crippen LogP contribution >= 0.6 is 0 Å². The summed E-state index contributed by atoms with van der Waals surface area (Å²) >= 11 is 0. The quantitative estimate of drug-likeness (QED) is 0.374. The molecule has 12 nitrogen and oxygen atoms in total. The fraction of sp³-hybridized carbons (Fsp3) is 0. The van der Waals surface area contributed by atoms with E-state index < -0.39 is 24.6 Å². The van der Waals surface area contributed by atoms with Crippen LogP contribution in [-0.2, 0) is 0 Å². The third-order valence-electron chi connectivity index (χ3n) is 0. The predicted molar refractivity (Wildman–Crippen MR) is 38.8 cm³/mol. The Morgan fingerprint density at radius 3 is 0.474 bits per heavy atom. The number of carbonyl (C=O) groups excluding carboxylic acids is 4. The Balaban J connectivity index is -0.0000000192. The first-order valence-corrected chi connectivity index (χ1v) is 2.45. The van der Waals surface area contributed by atoms with Crippen LogP contribution in [0.1, 0.15) is 0 Å². The molecule has 0 unspecified atom stereocenters. The van der Waals surface area contributed by atoms with E-state index in [1.807, 2.05) is 0 Å². The van der Waals surface area contributed by atoms with Crippen molar-refractivity contribution in [3.63, 3.8) is 0 Å². The molecule has 0 bridgehead atoms. The van der Waals surface area contributed by atoms with Crippen molar-refractivity contribution in [1.82, 2.24) is 0 Å². The number of rotatable bonds is 0. The molecule has 0 saturated heterocycles. The average Bonchev–Trinajstić information content (AvgIpc) is 1.76. The SMILES string of the molecule is O=C([O-])[O-].O=C([O-])[O-].O=C([O-])[O-].O=C([O-])[O-].[Ca+2].[Mg+2].[Si+4]. The maximum Gasteiger partial charge on any atom is 4.00 e. The van der Waals surface area contributed by atoms with E-state index in [0.29, 0.717) is 0 Å². The van der Waals surface area contributed by atoms with Crippen LogP contribution in [0.15, 0.2) is 0 Å². The van der Waals surface area contributed by atoms with E-state index in [1.165, 1.54) is 0 Å². The minimum absolute atomic E-state index is 0. The molecule has 0 spiro atoms. The van der Waals surface area contributed by atoms with Crippen molar-refractivity contribution in [3.8, 4) is 0 Å². The molecule has 15 heteroatoms. The summed E-state index contributed by atoms with van der Waals surface area (Å²) in [7, 11) is 0. The van der Waals surface area contributed by atoms with Gasteiger partial charge in [0.25, 0.3) is 0 Å². The fourth-order valence-corrected chi connectivity index (χ4v) is 0. The van der Waals surface area contributed by atoms with Crippen molar-refractivity contribution in [3.05, 3.63) is 0 Å². The van der Waals surface area contributed by atoms with Crippen LogP contribution in [0, 0.1) is 0 Å². The summed E-state index contributed by atoms with van der Waals surface area (Å²) in [5, 5.41) is 66.7. The Bertz CT molecular complexity index is 170. The van der Waals surface area contributed by atoms with E-state index in [-0.39, 0.29) is 71.8 Å². The third-order valence-corrected chi connectivity index (χ3v) is 0. The van der Waals surface area contributed by atoms with Crippen LogP contribution in [0.5, 0.6) is 0 Å². The van der Waals surface area contributed by atoms with Gasteiger partial charge in [0.2, 0.25) is 0 Å². The molecule has 0 amide bonds. The molecule has 0 aromatic rings. The van der Waals surface area contributed by atoms with Gasteiger partial charge in [-0.05, 0) is 24.6 Å². The summed E-state index contributed by atoms with van der Waals surface area (Å²) in [6, 6.07) is 0. The maximum absolute atomic E-state index is 8.33. The van der Waals surface area contributed by atoms with E-state index >= 15 is 0 Å². The van der Waals surface area contributed by atoms with Crippen LogP contribution in [0.3, 0.4) is 0 Å². The molecule has 19 heavy (non-hydrogen) atoms. The summed E-state index contributed by atoms with van der Waals surface area (Å²) in [6.45, 7) is 0. The average molecular weight is 333 g/mol. The molecule has 0 saturated carbocycles. The zero-order chi connectivity index (χ0) is 14.3. The summed E-state index contributed by atoms with van der Waals surface area (Å²) in [5.41, 5.74) is 0. The van der Waals surface area contributed by atoms with Gasteiger partial charge >= 0.3 is 71.8 Å². The summed E-state index contributed by atoms with van der Waals surface area (Å²) in [6.07, 6.45) is -9.33. The molecular formula is C4CaMgO12Si. The minimum Gasteiger partial charge on any atom is -0.652 e. The zero-order valence-electron chi connectivity index (χ0n) is 8.81. The van der Waals surface area contributed by atoms with Crippen molar-refractivity contribution < 1.29 is 60.0 Å². The Hall–Kier alpha value is -0.677. The molecule has 0 rings (SSSR count). The van der Waals surface area contributed by atoms with Gasteiger partial charge in [0.1, 0.15) is 0 Å². The van der Waals surface area contributed by atoms with E-state index in [9.17, 15) is 0 Å². The molecule has 0 aliphatic heterocycles. The second-order valence-electron chi connectivity index (χ2n) is 1.00. The molecule has 0 fully saturated rings. The van der Waals surface area contributed by atoms with Gasteiger partial charge in [-0.1, -0.05) is 0 Å². The van der Waals surface area contributed by atoms with Gasteiger partial charge in [0.05, 0.1) is 0 Å². The van der Waals surface area contributed by atoms with Gasteiger partial charge in [0, 0.05) is 0 Å². The Morgan fingerprint density at radius 2 is 0.474 bits per heavy atom. The van der Waals surface area contributed by atoms with Gasteiger partial charge in [-0.2, -0.15) is 0 Å². The molecule has 0 aromatic heterocycles. The number of carboxylic acid groups (broad SMARTS) is 8. The predicted octanol–water partition coefficient (Wildman–Crippen LogP) is -10.9. The van der Waals surface area contributed by atoms with Crippen molar-refractivity contribution >= 4 is 96.4 Å². The van der Waals surface area contributed by atoms with Gasteiger partial charge in [-0.15, -0.1) is 0 Å². The topological polar surface area (TPSA) is 253 Å². The van der Waals surface area contributed by atoms with Crippen LogP contribution in [0.4, 0.5) is 19.2 Å². The first-order chi connectivity index (χ1) is 6.93. The molecule has 0 radical (unpaired) electrons. The van der Waals surface area contributed by atoms with Gasteiger partial charge in [-0.25, -0.2) is 0 Å². The summed E-state index contributed by atoms with van der Waals surface area (Å²) in [4.78, 5) is 33.3. The van der Waals surface area contributed by atoms with Crippen LogP contribution < -0.4 is 40.9 Å². The van der Waals surface area contributed by atoms with Gasteiger partial charge in [0.15, 0.2) is 0 Å². The minimum atomic E-state index is -2.33. The van der Waals surface area contributed by atoms with Crippen LogP contribution in [0.25, 0.3) is 0 Å². The molecule has 0 aliphatic carbocycles. The van der Waals surface area contributed by atoms with Gasteiger partial charge < -0.3 is 60.0 Å². The van der Waals surface area contributed by atoms with Crippen molar-refractivity contribution in [2.24, 2.45) is 0 Å². The van der Waals surface area contributed by atoms with Crippen molar-refractivity contribution in [2.75, 3.05) is 0 Å². The Kier molecular flexibility index (Phi) is 81.3. The summed E-state index contributed by atoms with van der Waals surface area (Å²) in [5.74, 6) is 0. The molecular weight excluding hydrogens is 333 g/mol. The smallest absolute Gasteiger partial charge is 0.652 e. The molecule has 0 heterocycles. The second kappa shape index (κ2) is 36.0. The monoisotopic (exact) mass is 332 g/mol. The Morgan fingerprint density at radius 1 is 0.474 bits per heavy atom. The number of carbonyl (C=O) groups is 4. The van der Waals surface area contributed by atoms with Crippen LogP contribution in [-0.4, -0.2) is 96.4 Å².